The maximum atomic E-state index is 13.5. The van der Waals surface area contributed by atoms with Crippen molar-refractivity contribution in [3.05, 3.63) is 58.3 Å². The van der Waals surface area contributed by atoms with E-state index >= 15 is 0 Å². The Bertz CT molecular complexity index is 628. The van der Waals surface area contributed by atoms with E-state index in [1.165, 1.54) is 19.2 Å². The van der Waals surface area contributed by atoms with E-state index in [4.69, 9.17) is 9.47 Å². The molecule has 0 fully saturated rings. The minimum Gasteiger partial charge on any atom is -0.496 e. The van der Waals surface area contributed by atoms with Crippen LogP contribution in [0.4, 0.5) is 4.39 Å². The van der Waals surface area contributed by atoms with Crippen LogP contribution in [0, 0.1) is 5.82 Å². The van der Waals surface area contributed by atoms with Crippen LogP contribution in [0.3, 0.4) is 0 Å². The Morgan fingerprint density at radius 1 is 1.20 bits per heavy atom. The molecular formula is C15H12BrFO3. The second kappa shape index (κ2) is 6.52. The quantitative estimate of drug-likeness (QED) is 0.776. The summed E-state index contributed by atoms with van der Waals surface area (Å²) in [5.41, 5.74) is 0.408. The molecule has 0 radical (unpaired) electrons. The number of hydrogen-bond acceptors (Lipinski definition) is 3. The number of benzene rings is 2. The zero-order valence-electron chi connectivity index (χ0n) is 10.7. The van der Waals surface area contributed by atoms with E-state index in [9.17, 15) is 9.18 Å². The number of para-hydroxylation sites is 1. The van der Waals surface area contributed by atoms with E-state index in [1.54, 1.807) is 30.3 Å². The first-order chi connectivity index (χ1) is 9.61. The second-order valence-corrected chi connectivity index (χ2v) is 4.90. The van der Waals surface area contributed by atoms with Gasteiger partial charge in [-0.05, 0) is 30.3 Å². The number of methoxy groups -OCH3 is 1. The van der Waals surface area contributed by atoms with Crippen LogP contribution >= 0.6 is 15.9 Å². The van der Waals surface area contributed by atoms with Crippen molar-refractivity contribution in [1.29, 1.82) is 0 Å². The molecule has 0 aliphatic rings. The summed E-state index contributed by atoms with van der Waals surface area (Å²) in [6, 6.07) is 11.1. The van der Waals surface area contributed by atoms with Crippen LogP contribution in [-0.2, 0) is 0 Å². The second-order valence-electron chi connectivity index (χ2n) is 3.99. The van der Waals surface area contributed by atoms with Gasteiger partial charge in [0.15, 0.2) is 18.2 Å². The zero-order chi connectivity index (χ0) is 14.5. The number of ketones is 1. The average Bonchev–Trinajstić information content (AvgIpc) is 2.47. The average molecular weight is 339 g/mol. The molecule has 20 heavy (non-hydrogen) atoms. The lowest BCUT2D eigenvalue weighted by Gasteiger charge is -2.09. The summed E-state index contributed by atoms with van der Waals surface area (Å²) >= 11 is 3.22. The van der Waals surface area contributed by atoms with E-state index in [-0.39, 0.29) is 18.1 Å². The van der Waals surface area contributed by atoms with Gasteiger partial charge in [-0.1, -0.05) is 28.1 Å². The Morgan fingerprint density at radius 2 is 1.95 bits per heavy atom. The highest BCUT2D eigenvalue weighted by Crippen LogP contribution is 2.23. The van der Waals surface area contributed by atoms with Crippen molar-refractivity contribution in [1.82, 2.24) is 0 Å². The smallest absolute Gasteiger partial charge is 0.203 e. The van der Waals surface area contributed by atoms with Crippen molar-refractivity contribution in [2.75, 3.05) is 13.7 Å². The van der Waals surface area contributed by atoms with Crippen LogP contribution in [0.5, 0.6) is 11.5 Å². The maximum absolute atomic E-state index is 13.5. The molecule has 0 aliphatic heterocycles. The fourth-order valence-electron chi connectivity index (χ4n) is 1.68. The van der Waals surface area contributed by atoms with Gasteiger partial charge in [0.25, 0.3) is 0 Å². The van der Waals surface area contributed by atoms with E-state index < -0.39 is 5.82 Å². The normalized spacial score (nSPS) is 10.2. The lowest BCUT2D eigenvalue weighted by molar-refractivity contribution is 0.0915. The highest BCUT2D eigenvalue weighted by atomic mass is 79.9. The monoisotopic (exact) mass is 338 g/mol. The third-order valence-electron chi connectivity index (χ3n) is 2.66. The van der Waals surface area contributed by atoms with Gasteiger partial charge in [-0.3, -0.25) is 4.79 Å². The number of halogens is 2. The fraction of sp³-hybridized carbons (Fsp3) is 0.133. The molecule has 0 unspecified atom stereocenters. The standard InChI is InChI=1S/C15H12BrFO3/c1-19-14-5-3-2-4-11(14)13(18)9-20-15-8-10(16)6-7-12(15)17/h2-8H,9H2,1H3. The van der Waals surface area contributed by atoms with Gasteiger partial charge < -0.3 is 9.47 Å². The summed E-state index contributed by atoms with van der Waals surface area (Å²) in [6.45, 7) is -0.256. The Kier molecular flexibility index (Phi) is 4.74. The van der Waals surface area contributed by atoms with Crippen LogP contribution < -0.4 is 9.47 Å². The predicted octanol–water partition coefficient (Wildman–Crippen LogP) is 3.86. The third kappa shape index (κ3) is 3.36. The van der Waals surface area contributed by atoms with Crippen LogP contribution in [0.1, 0.15) is 10.4 Å². The molecular weight excluding hydrogens is 327 g/mol. The molecule has 0 aromatic heterocycles. The van der Waals surface area contributed by atoms with Crippen LogP contribution in [0.25, 0.3) is 0 Å². The number of carbonyl (C=O) groups excluding carboxylic acids is 1. The number of carbonyl (C=O) groups is 1. The van der Waals surface area contributed by atoms with Gasteiger partial charge in [0.05, 0.1) is 12.7 Å². The SMILES string of the molecule is COc1ccccc1C(=O)COc1cc(Br)ccc1F. The Balaban J connectivity index is 2.11. The third-order valence-corrected chi connectivity index (χ3v) is 3.15. The fourth-order valence-corrected chi connectivity index (χ4v) is 2.02. The summed E-state index contributed by atoms with van der Waals surface area (Å²) in [5, 5.41) is 0. The van der Waals surface area contributed by atoms with Gasteiger partial charge in [0, 0.05) is 4.47 Å². The first-order valence-electron chi connectivity index (χ1n) is 5.86. The molecule has 0 spiro atoms. The van der Waals surface area contributed by atoms with Crippen LogP contribution in [-0.4, -0.2) is 19.5 Å². The molecule has 0 aliphatic carbocycles. The first kappa shape index (κ1) is 14.5. The summed E-state index contributed by atoms with van der Waals surface area (Å²) in [6.07, 6.45) is 0. The van der Waals surface area contributed by atoms with Crippen molar-refractivity contribution in [3.8, 4) is 11.5 Å². The van der Waals surface area contributed by atoms with Gasteiger partial charge in [-0.2, -0.15) is 0 Å². The van der Waals surface area contributed by atoms with E-state index in [2.05, 4.69) is 15.9 Å². The molecule has 2 aromatic rings. The van der Waals surface area contributed by atoms with Crippen LogP contribution in [0.2, 0.25) is 0 Å². The molecule has 0 saturated carbocycles. The largest absolute Gasteiger partial charge is 0.496 e. The topological polar surface area (TPSA) is 35.5 Å². The summed E-state index contributed by atoms with van der Waals surface area (Å²) in [5.74, 6) is -0.290. The minimum atomic E-state index is -0.513. The van der Waals surface area contributed by atoms with Gasteiger partial charge in [0.2, 0.25) is 5.78 Å². The first-order valence-corrected chi connectivity index (χ1v) is 6.65. The molecule has 0 saturated heterocycles. The Morgan fingerprint density at radius 3 is 2.70 bits per heavy atom. The molecule has 0 N–H and O–H groups in total. The molecule has 0 heterocycles. The highest BCUT2D eigenvalue weighted by molar-refractivity contribution is 9.10. The van der Waals surface area contributed by atoms with Gasteiger partial charge >= 0.3 is 0 Å². The molecule has 5 heteroatoms. The van der Waals surface area contributed by atoms with Crippen LogP contribution in [0.15, 0.2) is 46.9 Å². The van der Waals surface area contributed by atoms with Crippen molar-refractivity contribution in [2.24, 2.45) is 0 Å². The molecule has 2 rings (SSSR count). The molecule has 0 atom stereocenters. The Labute approximate surface area is 124 Å². The van der Waals surface area contributed by atoms with Crippen molar-refractivity contribution in [2.45, 2.75) is 0 Å². The highest BCUT2D eigenvalue weighted by Gasteiger charge is 2.13. The predicted molar refractivity (Wildman–Crippen MR) is 76.9 cm³/mol. The lowest BCUT2D eigenvalue weighted by atomic mass is 10.1. The van der Waals surface area contributed by atoms with E-state index in [0.29, 0.717) is 15.8 Å². The number of ether oxygens (including phenoxy) is 2. The molecule has 0 amide bonds. The Hall–Kier alpha value is -1.88. The van der Waals surface area contributed by atoms with Crippen molar-refractivity contribution >= 4 is 21.7 Å². The minimum absolute atomic E-state index is 0.0302. The van der Waals surface area contributed by atoms with Gasteiger partial charge in [-0.15, -0.1) is 0 Å². The molecule has 3 nitrogen and oxygen atoms in total. The summed E-state index contributed by atoms with van der Waals surface area (Å²) in [4.78, 5) is 12.1. The van der Waals surface area contributed by atoms with Gasteiger partial charge in [-0.25, -0.2) is 4.39 Å². The number of Topliss-reactive ketones (excluding diaryl/α,β-unsaturated/α-hetero) is 1. The van der Waals surface area contributed by atoms with Crippen molar-refractivity contribution in [3.63, 3.8) is 0 Å². The molecule has 0 bridgehead atoms. The molecule has 104 valence electrons. The lowest BCUT2D eigenvalue weighted by Crippen LogP contribution is -2.13. The number of rotatable bonds is 5. The molecule has 2 aromatic carbocycles. The van der Waals surface area contributed by atoms with Crippen molar-refractivity contribution < 1.29 is 18.7 Å². The number of hydrogen-bond donors (Lipinski definition) is 0. The maximum Gasteiger partial charge on any atom is 0.203 e. The summed E-state index contributed by atoms with van der Waals surface area (Å²) in [7, 11) is 1.49. The van der Waals surface area contributed by atoms with Gasteiger partial charge in [0.1, 0.15) is 5.75 Å². The van der Waals surface area contributed by atoms with E-state index in [0.717, 1.165) is 0 Å². The summed E-state index contributed by atoms with van der Waals surface area (Å²) < 4.78 is 24.5. The zero-order valence-corrected chi connectivity index (χ0v) is 12.3. The van der Waals surface area contributed by atoms with E-state index in [1.807, 2.05) is 0 Å².